The first-order chi connectivity index (χ1) is 13.0. The highest BCUT2D eigenvalue weighted by molar-refractivity contribution is 7.98. The van der Waals surface area contributed by atoms with Gasteiger partial charge in [-0.2, -0.15) is 4.31 Å². The molecule has 2 aromatic rings. The summed E-state index contributed by atoms with van der Waals surface area (Å²) < 4.78 is 28.7. The Morgan fingerprint density at radius 1 is 1.07 bits per heavy atom. The lowest BCUT2D eigenvalue weighted by molar-refractivity contribution is 0.256. The Balaban J connectivity index is 1.94. The van der Waals surface area contributed by atoms with Gasteiger partial charge in [0, 0.05) is 17.5 Å². The maximum Gasteiger partial charge on any atom is 0.243 e. The van der Waals surface area contributed by atoms with Crippen molar-refractivity contribution in [3.05, 3.63) is 59.7 Å². The summed E-state index contributed by atoms with van der Waals surface area (Å²) >= 11 is 1.68. The molecule has 3 rings (SSSR count). The SMILES string of the molecule is CCc1ccc(S(=O)(=O)N(Cc2cccc(SC)c2)C2CCNCC2)cc1. The zero-order valence-corrected chi connectivity index (χ0v) is 17.7. The van der Waals surface area contributed by atoms with Crippen molar-refractivity contribution >= 4 is 21.8 Å². The topological polar surface area (TPSA) is 49.4 Å². The maximum atomic E-state index is 13.5. The fourth-order valence-corrected chi connectivity index (χ4v) is 5.65. The lowest BCUT2D eigenvalue weighted by atomic mass is 10.1. The number of nitrogens with one attached hydrogen (secondary N) is 1. The summed E-state index contributed by atoms with van der Waals surface area (Å²) in [7, 11) is -3.54. The molecule has 1 N–H and O–H groups in total. The van der Waals surface area contributed by atoms with E-state index >= 15 is 0 Å². The summed E-state index contributed by atoms with van der Waals surface area (Å²) in [5.74, 6) is 0. The van der Waals surface area contributed by atoms with Gasteiger partial charge in [-0.15, -0.1) is 11.8 Å². The minimum absolute atomic E-state index is 0.0278. The highest BCUT2D eigenvalue weighted by Crippen LogP contribution is 2.26. The predicted octanol–water partition coefficient (Wildman–Crippen LogP) is 3.91. The van der Waals surface area contributed by atoms with E-state index < -0.39 is 10.0 Å². The van der Waals surface area contributed by atoms with E-state index in [2.05, 4.69) is 24.4 Å². The Labute approximate surface area is 167 Å². The molecule has 27 heavy (non-hydrogen) atoms. The van der Waals surface area contributed by atoms with Gasteiger partial charge in [-0.25, -0.2) is 8.42 Å². The van der Waals surface area contributed by atoms with Crippen LogP contribution in [0, 0.1) is 0 Å². The van der Waals surface area contributed by atoms with Gasteiger partial charge in [0.15, 0.2) is 0 Å². The van der Waals surface area contributed by atoms with Crippen LogP contribution >= 0.6 is 11.8 Å². The van der Waals surface area contributed by atoms with E-state index in [-0.39, 0.29) is 6.04 Å². The Morgan fingerprint density at radius 3 is 2.41 bits per heavy atom. The lowest BCUT2D eigenvalue weighted by Gasteiger charge is -2.34. The monoisotopic (exact) mass is 404 g/mol. The van der Waals surface area contributed by atoms with Crippen molar-refractivity contribution in [2.75, 3.05) is 19.3 Å². The van der Waals surface area contributed by atoms with Crippen LogP contribution < -0.4 is 5.32 Å². The molecule has 1 heterocycles. The molecule has 0 bridgehead atoms. The van der Waals surface area contributed by atoms with Crippen molar-refractivity contribution in [2.45, 2.75) is 48.6 Å². The number of piperidine rings is 1. The smallest absolute Gasteiger partial charge is 0.243 e. The quantitative estimate of drug-likeness (QED) is 0.711. The van der Waals surface area contributed by atoms with Crippen molar-refractivity contribution in [3.8, 4) is 0 Å². The minimum atomic E-state index is -3.54. The molecule has 1 aliphatic rings. The first kappa shape index (κ1) is 20.4. The zero-order chi connectivity index (χ0) is 19.3. The molecule has 146 valence electrons. The standard InChI is InChI=1S/C21H28N2O2S2/c1-3-17-7-9-21(10-8-17)27(24,25)23(19-11-13-22-14-12-19)16-18-5-4-6-20(15-18)26-2/h4-10,15,19,22H,3,11-14,16H2,1-2H3. The molecule has 1 saturated heterocycles. The van der Waals surface area contributed by atoms with Gasteiger partial charge in [-0.05, 0) is 74.0 Å². The zero-order valence-electron chi connectivity index (χ0n) is 16.0. The number of hydrogen-bond acceptors (Lipinski definition) is 4. The van der Waals surface area contributed by atoms with Crippen LogP contribution in [0.5, 0.6) is 0 Å². The number of benzene rings is 2. The largest absolute Gasteiger partial charge is 0.317 e. The minimum Gasteiger partial charge on any atom is -0.317 e. The normalized spacial score (nSPS) is 16.0. The number of rotatable bonds is 7. The lowest BCUT2D eigenvalue weighted by Crippen LogP contribution is -2.45. The third-order valence-electron chi connectivity index (χ3n) is 5.13. The van der Waals surface area contributed by atoms with E-state index in [1.54, 1.807) is 28.2 Å². The molecule has 0 aromatic heterocycles. The van der Waals surface area contributed by atoms with Crippen LogP contribution in [-0.2, 0) is 23.0 Å². The molecule has 0 aliphatic carbocycles. The van der Waals surface area contributed by atoms with Crippen LogP contribution in [0.4, 0.5) is 0 Å². The highest BCUT2D eigenvalue weighted by Gasteiger charge is 2.32. The molecule has 0 radical (unpaired) electrons. The predicted molar refractivity (Wildman–Crippen MR) is 113 cm³/mol. The number of thioether (sulfide) groups is 1. The van der Waals surface area contributed by atoms with Gasteiger partial charge >= 0.3 is 0 Å². The van der Waals surface area contributed by atoms with Crippen molar-refractivity contribution < 1.29 is 8.42 Å². The average Bonchev–Trinajstić information content (AvgIpc) is 2.72. The van der Waals surface area contributed by atoms with E-state index in [0.717, 1.165) is 48.4 Å². The van der Waals surface area contributed by atoms with Gasteiger partial charge in [-0.3, -0.25) is 0 Å². The number of aryl methyl sites for hydroxylation is 1. The molecular weight excluding hydrogens is 376 g/mol. The Kier molecular flexibility index (Phi) is 6.98. The number of hydrogen-bond donors (Lipinski definition) is 1. The number of nitrogens with zero attached hydrogens (tertiary/aromatic N) is 1. The second kappa shape index (κ2) is 9.24. The number of sulfonamides is 1. The van der Waals surface area contributed by atoms with Crippen molar-refractivity contribution in [2.24, 2.45) is 0 Å². The molecular formula is C21H28N2O2S2. The van der Waals surface area contributed by atoms with Crippen LogP contribution in [0.15, 0.2) is 58.3 Å². The summed E-state index contributed by atoms with van der Waals surface area (Å²) in [4.78, 5) is 1.54. The summed E-state index contributed by atoms with van der Waals surface area (Å²) in [6.07, 6.45) is 4.62. The summed E-state index contributed by atoms with van der Waals surface area (Å²) in [5.41, 5.74) is 2.18. The van der Waals surface area contributed by atoms with Crippen LogP contribution in [-0.4, -0.2) is 38.1 Å². The van der Waals surface area contributed by atoms with Gasteiger partial charge in [0.25, 0.3) is 0 Å². The Bertz CT molecular complexity index is 845. The summed E-state index contributed by atoms with van der Waals surface area (Å²) in [6.45, 7) is 4.20. The van der Waals surface area contributed by atoms with E-state index in [9.17, 15) is 8.42 Å². The molecule has 1 fully saturated rings. The van der Waals surface area contributed by atoms with Crippen LogP contribution in [0.1, 0.15) is 30.9 Å². The molecule has 0 saturated carbocycles. The van der Waals surface area contributed by atoms with Gasteiger partial charge < -0.3 is 5.32 Å². The second-order valence-electron chi connectivity index (χ2n) is 6.88. The fourth-order valence-electron chi connectivity index (χ4n) is 3.49. The summed E-state index contributed by atoms with van der Waals surface area (Å²) in [5, 5.41) is 3.33. The van der Waals surface area contributed by atoms with E-state index in [0.29, 0.717) is 11.4 Å². The molecule has 0 atom stereocenters. The van der Waals surface area contributed by atoms with Gasteiger partial charge in [-0.1, -0.05) is 31.2 Å². The van der Waals surface area contributed by atoms with Gasteiger partial charge in [0.05, 0.1) is 4.90 Å². The average molecular weight is 405 g/mol. The summed E-state index contributed by atoms with van der Waals surface area (Å²) in [6, 6.07) is 15.5. The molecule has 4 nitrogen and oxygen atoms in total. The second-order valence-corrected chi connectivity index (χ2v) is 9.65. The van der Waals surface area contributed by atoms with Crippen LogP contribution in [0.3, 0.4) is 0 Å². The maximum absolute atomic E-state index is 13.5. The van der Waals surface area contributed by atoms with Gasteiger partial charge in [0.1, 0.15) is 0 Å². The van der Waals surface area contributed by atoms with Gasteiger partial charge in [0.2, 0.25) is 10.0 Å². The van der Waals surface area contributed by atoms with Crippen LogP contribution in [0.2, 0.25) is 0 Å². The van der Waals surface area contributed by atoms with Crippen molar-refractivity contribution in [1.29, 1.82) is 0 Å². The third kappa shape index (κ3) is 4.93. The van der Waals surface area contributed by atoms with Crippen molar-refractivity contribution in [3.63, 3.8) is 0 Å². The molecule has 6 heteroatoms. The molecule has 0 amide bonds. The third-order valence-corrected chi connectivity index (χ3v) is 7.76. The molecule has 1 aliphatic heterocycles. The van der Waals surface area contributed by atoms with E-state index in [4.69, 9.17) is 0 Å². The first-order valence-electron chi connectivity index (χ1n) is 9.49. The first-order valence-corrected chi connectivity index (χ1v) is 12.2. The molecule has 0 spiro atoms. The Hall–Kier alpha value is -1.34. The highest BCUT2D eigenvalue weighted by atomic mass is 32.2. The molecule has 0 unspecified atom stereocenters. The van der Waals surface area contributed by atoms with E-state index in [1.807, 2.05) is 30.5 Å². The molecule has 2 aromatic carbocycles. The fraction of sp³-hybridized carbons (Fsp3) is 0.429. The van der Waals surface area contributed by atoms with E-state index in [1.165, 1.54) is 0 Å². The Morgan fingerprint density at radius 2 is 1.78 bits per heavy atom. The van der Waals surface area contributed by atoms with Crippen LogP contribution in [0.25, 0.3) is 0 Å². The van der Waals surface area contributed by atoms with Crippen molar-refractivity contribution in [1.82, 2.24) is 9.62 Å².